The molecule has 1 fully saturated rings. The van der Waals surface area contributed by atoms with Gasteiger partial charge in [-0.05, 0) is 43.7 Å². The molecular formula is C24H28ClF3N4O5S. The minimum Gasteiger partial charge on any atom is -0.478 e. The highest BCUT2D eigenvalue weighted by Crippen LogP contribution is 2.41. The van der Waals surface area contributed by atoms with Crippen LogP contribution in [-0.2, 0) is 16.3 Å². The van der Waals surface area contributed by atoms with Crippen molar-refractivity contribution >= 4 is 38.4 Å². The summed E-state index contributed by atoms with van der Waals surface area (Å²) in [6.07, 6.45) is -2.06. The fraction of sp³-hybridized carbons (Fsp3) is 0.417. The van der Waals surface area contributed by atoms with Gasteiger partial charge in [0.1, 0.15) is 5.65 Å². The minimum absolute atomic E-state index is 0.146. The Hall–Kier alpha value is -2.87. The number of halogens is 4. The molecule has 4 rings (SSSR count). The van der Waals surface area contributed by atoms with Crippen molar-refractivity contribution in [3.05, 3.63) is 63.4 Å². The van der Waals surface area contributed by atoms with Gasteiger partial charge < -0.3 is 14.6 Å². The molecule has 0 saturated carbocycles. The molecule has 208 valence electrons. The van der Waals surface area contributed by atoms with Crippen molar-refractivity contribution in [2.24, 2.45) is 0 Å². The molecule has 1 aliphatic rings. The maximum absolute atomic E-state index is 13.4. The lowest BCUT2D eigenvalue weighted by molar-refractivity contribution is -0.137. The van der Waals surface area contributed by atoms with E-state index in [4.69, 9.17) is 20.9 Å². The van der Waals surface area contributed by atoms with E-state index >= 15 is 0 Å². The van der Waals surface area contributed by atoms with Crippen LogP contribution in [-0.4, -0.2) is 73.4 Å². The van der Waals surface area contributed by atoms with Crippen LogP contribution in [0.25, 0.3) is 11.0 Å². The third-order valence-electron chi connectivity index (χ3n) is 5.66. The molecule has 3 heterocycles. The third kappa shape index (κ3) is 9.15. The minimum atomic E-state index is -4.49. The summed E-state index contributed by atoms with van der Waals surface area (Å²) in [7, 11) is -3.67. The number of anilines is 1. The zero-order chi connectivity index (χ0) is 27.9. The van der Waals surface area contributed by atoms with Gasteiger partial charge in [0.15, 0.2) is 0 Å². The van der Waals surface area contributed by atoms with Crippen LogP contribution >= 0.6 is 11.6 Å². The van der Waals surface area contributed by atoms with Gasteiger partial charge in [0, 0.05) is 43.7 Å². The monoisotopic (exact) mass is 576 g/mol. The lowest BCUT2D eigenvalue weighted by Crippen LogP contribution is -2.47. The molecule has 1 saturated heterocycles. The quantitative estimate of drug-likeness (QED) is 0.319. The van der Waals surface area contributed by atoms with Crippen molar-refractivity contribution in [1.82, 2.24) is 14.9 Å². The molecule has 0 aliphatic carbocycles. The van der Waals surface area contributed by atoms with E-state index in [0.29, 0.717) is 50.6 Å². The van der Waals surface area contributed by atoms with Crippen molar-refractivity contribution < 1.29 is 30.9 Å². The third-order valence-corrected chi connectivity index (χ3v) is 5.98. The van der Waals surface area contributed by atoms with Crippen molar-refractivity contribution in [2.45, 2.75) is 19.0 Å². The predicted octanol–water partition coefficient (Wildman–Crippen LogP) is 4.08. The molecule has 2 N–H and O–H groups in total. The van der Waals surface area contributed by atoms with Crippen LogP contribution in [0.2, 0.25) is 5.02 Å². The Labute approximate surface area is 222 Å². The highest BCUT2D eigenvalue weighted by atomic mass is 35.5. The molecule has 14 heteroatoms. The summed E-state index contributed by atoms with van der Waals surface area (Å²) in [5.41, 5.74) is -0.334. The van der Waals surface area contributed by atoms with E-state index < -0.39 is 21.9 Å². The van der Waals surface area contributed by atoms with Crippen LogP contribution < -0.4 is 15.2 Å². The maximum Gasteiger partial charge on any atom is 0.419 e. The molecule has 0 unspecified atom stereocenters. The largest absolute Gasteiger partial charge is 0.478 e. The Bertz CT molecular complexity index is 1390. The Morgan fingerprint density at radius 1 is 1.08 bits per heavy atom. The van der Waals surface area contributed by atoms with Crippen LogP contribution in [0.15, 0.2) is 47.3 Å². The second kappa shape index (κ2) is 12.8. The summed E-state index contributed by atoms with van der Waals surface area (Å²) >= 11 is 5.85. The number of piperazine rings is 1. The number of nitrogens with one attached hydrogen (secondary N) is 1. The number of rotatable bonds is 7. The smallest absolute Gasteiger partial charge is 0.419 e. The molecule has 0 bridgehead atoms. The first-order valence-electron chi connectivity index (χ1n) is 11.7. The van der Waals surface area contributed by atoms with Crippen LogP contribution in [0.1, 0.15) is 18.4 Å². The highest BCUT2D eigenvalue weighted by molar-refractivity contribution is 7.85. The van der Waals surface area contributed by atoms with Gasteiger partial charge in [-0.15, -0.1) is 0 Å². The van der Waals surface area contributed by atoms with E-state index in [1.165, 1.54) is 18.2 Å². The molecule has 1 aliphatic heterocycles. The molecule has 9 nitrogen and oxygen atoms in total. The second-order valence-corrected chi connectivity index (χ2v) is 10.5. The van der Waals surface area contributed by atoms with Crippen LogP contribution in [0.5, 0.6) is 5.88 Å². The van der Waals surface area contributed by atoms with Gasteiger partial charge in [0.2, 0.25) is 11.4 Å². The van der Waals surface area contributed by atoms with E-state index in [1.807, 2.05) is 6.07 Å². The summed E-state index contributed by atoms with van der Waals surface area (Å²) < 4.78 is 71.9. The van der Waals surface area contributed by atoms with Gasteiger partial charge in [0.05, 0.1) is 29.1 Å². The number of ether oxygens (including phenoxy) is 1. The van der Waals surface area contributed by atoms with Crippen molar-refractivity contribution in [1.29, 1.82) is 0 Å². The summed E-state index contributed by atoms with van der Waals surface area (Å²) in [5.74, 6) is 0.458. The number of hydrogen-bond acceptors (Lipinski definition) is 7. The Kier molecular flexibility index (Phi) is 9.99. The number of hydrogen-bond donors (Lipinski definition) is 2. The fourth-order valence-corrected chi connectivity index (χ4v) is 4.25. The number of nitrogens with zero attached hydrogens (tertiary/aromatic N) is 3. The van der Waals surface area contributed by atoms with Crippen LogP contribution in [0.4, 0.5) is 18.9 Å². The number of fused-ring (bicyclic) bond motifs is 1. The molecule has 0 spiro atoms. The topological polar surface area (TPSA) is 116 Å². The molecular weight excluding hydrogens is 549 g/mol. The SMILES string of the molecule is CS(=O)(=O)O.O=c1ccc2ccc(OCCCCN3CCN(c4cccc(Cl)c4C(F)(F)F)CC3)nc2[nH]1. The Morgan fingerprint density at radius 2 is 1.74 bits per heavy atom. The van der Waals surface area contributed by atoms with Gasteiger partial charge in [-0.1, -0.05) is 17.7 Å². The molecule has 1 aromatic carbocycles. The van der Waals surface area contributed by atoms with Crippen molar-refractivity contribution in [3.8, 4) is 5.88 Å². The van der Waals surface area contributed by atoms with Gasteiger partial charge in [-0.3, -0.25) is 14.2 Å². The average molecular weight is 577 g/mol. The number of alkyl halides is 3. The van der Waals surface area contributed by atoms with E-state index in [2.05, 4.69) is 14.9 Å². The van der Waals surface area contributed by atoms with E-state index in [9.17, 15) is 26.4 Å². The second-order valence-electron chi connectivity index (χ2n) is 8.66. The van der Waals surface area contributed by atoms with Crippen LogP contribution in [0.3, 0.4) is 0 Å². The molecule has 38 heavy (non-hydrogen) atoms. The van der Waals surface area contributed by atoms with E-state index in [-0.39, 0.29) is 16.3 Å². The zero-order valence-corrected chi connectivity index (χ0v) is 22.1. The van der Waals surface area contributed by atoms with Gasteiger partial charge in [-0.25, -0.2) is 0 Å². The van der Waals surface area contributed by atoms with E-state index in [1.54, 1.807) is 23.1 Å². The Morgan fingerprint density at radius 3 is 2.39 bits per heavy atom. The fourth-order valence-electron chi connectivity index (χ4n) is 3.97. The molecule has 0 atom stereocenters. The summed E-state index contributed by atoms with van der Waals surface area (Å²) in [5, 5.41) is 0.566. The standard InChI is InChI=1S/C23H24ClF3N4O2.CH4O3S/c24-17-4-3-5-18(21(17)23(25,26)27)31-13-11-30(12-14-31)10-1-2-15-33-20-9-7-16-6-8-19(32)28-22(16)29-20;1-5(2,3)4/h3-9H,1-2,10-15H2,(H,28,29,32);1H3,(H,2,3,4). The molecule has 3 aromatic rings. The van der Waals surface area contributed by atoms with Crippen molar-refractivity contribution in [3.63, 3.8) is 0 Å². The number of benzene rings is 1. The number of pyridine rings is 2. The molecule has 0 amide bonds. The Balaban J connectivity index is 0.000000732. The van der Waals surface area contributed by atoms with Gasteiger partial charge >= 0.3 is 6.18 Å². The maximum atomic E-state index is 13.4. The number of aromatic nitrogens is 2. The first-order valence-corrected chi connectivity index (χ1v) is 13.9. The highest BCUT2D eigenvalue weighted by Gasteiger charge is 2.37. The first kappa shape index (κ1) is 29.7. The number of aromatic amines is 1. The summed E-state index contributed by atoms with van der Waals surface area (Å²) in [4.78, 5) is 22.4. The number of unbranched alkanes of at least 4 members (excludes halogenated alkanes) is 1. The average Bonchev–Trinajstić information content (AvgIpc) is 2.82. The lowest BCUT2D eigenvalue weighted by atomic mass is 10.1. The zero-order valence-electron chi connectivity index (χ0n) is 20.5. The van der Waals surface area contributed by atoms with Crippen LogP contribution in [0, 0.1) is 0 Å². The number of H-pyrrole nitrogens is 1. The first-order chi connectivity index (χ1) is 17.8. The lowest BCUT2D eigenvalue weighted by Gasteiger charge is -2.37. The molecule has 2 aromatic heterocycles. The normalized spacial score (nSPS) is 14.7. The predicted molar refractivity (Wildman–Crippen MR) is 140 cm³/mol. The summed E-state index contributed by atoms with van der Waals surface area (Å²) in [6, 6.07) is 11.1. The van der Waals surface area contributed by atoms with Gasteiger partial charge in [0.25, 0.3) is 10.1 Å². The van der Waals surface area contributed by atoms with Crippen molar-refractivity contribution in [2.75, 3.05) is 50.5 Å². The summed E-state index contributed by atoms with van der Waals surface area (Å²) in [6.45, 7) is 3.73. The molecule has 0 radical (unpaired) electrons. The van der Waals surface area contributed by atoms with E-state index in [0.717, 1.165) is 24.8 Å². The van der Waals surface area contributed by atoms with Gasteiger partial charge in [-0.2, -0.15) is 26.6 Å².